The van der Waals surface area contributed by atoms with Gasteiger partial charge in [0.2, 0.25) is 0 Å². The van der Waals surface area contributed by atoms with E-state index in [2.05, 4.69) is 4.98 Å². The summed E-state index contributed by atoms with van der Waals surface area (Å²) in [5, 5.41) is 0. The molecule has 0 spiro atoms. The molecule has 0 radical (unpaired) electrons. The molecule has 6 heteroatoms. The van der Waals surface area contributed by atoms with Crippen LogP contribution in [0, 0.1) is 11.3 Å². The van der Waals surface area contributed by atoms with Crippen LogP contribution in [0.5, 0.6) is 0 Å². The van der Waals surface area contributed by atoms with Crippen LogP contribution in [0.1, 0.15) is 30.6 Å². The Morgan fingerprint density at radius 3 is 2.65 bits per heavy atom. The predicted octanol–water partition coefficient (Wildman–Crippen LogP) is 3.13. The van der Waals surface area contributed by atoms with Crippen molar-refractivity contribution < 1.29 is 18.0 Å². The van der Waals surface area contributed by atoms with Gasteiger partial charge >= 0.3 is 6.18 Å². The number of aromatic nitrogens is 1. The lowest BCUT2D eigenvalue weighted by Crippen LogP contribution is -2.52. The number of halogens is 3. The van der Waals surface area contributed by atoms with E-state index < -0.39 is 17.5 Å². The normalized spacial score (nSPS) is 22.6. The van der Waals surface area contributed by atoms with Crippen LogP contribution in [0.25, 0.3) is 0 Å². The highest BCUT2D eigenvalue weighted by molar-refractivity contribution is 5.93. The minimum absolute atomic E-state index is 0.0531. The number of piperidine rings is 1. The number of amides is 1. The Balaban J connectivity index is 2.14. The maximum atomic E-state index is 13.0. The smallest absolute Gasteiger partial charge is 0.338 e. The third-order valence-corrected chi connectivity index (χ3v) is 3.82. The van der Waals surface area contributed by atoms with Gasteiger partial charge in [-0.15, -0.1) is 0 Å². The molecule has 1 aromatic rings. The molecule has 0 aromatic carbocycles. The molecule has 0 aliphatic carbocycles. The van der Waals surface area contributed by atoms with Crippen molar-refractivity contribution in [2.75, 3.05) is 13.1 Å². The lowest BCUT2D eigenvalue weighted by atomic mass is 9.73. The lowest BCUT2D eigenvalue weighted by molar-refractivity contribution is -0.214. The molecule has 1 aromatic heterocycles. The van der Waals surface area contributed by atoms with Gasteiger partial charge in [0.15, 0.2) is 0 Å². The van der Waals surface area contributed by atoms with Crippen molar-refractivity contribution in [3.05, 3.63) is 30.1 Å². The summed E-state index contributed by atoms with van der Waals surface area (Å²) in [7, 11) is 0. The number of rotatable bonds is 1. The second-order valence-corrected chi connectivity index (χ2v) is 5.84. The molecule has 0 N–H and O–H groups in total. The first-order valence-corrected chi connectivity index (χ1v) is 6.48. The first kappa shape index (κ1) is 14.8. The monoisotopic (exact) mass is 286 g/mol. The topological polar surface area (TPSA) is 33.2 Å². The Morgan fingerprint density at radius 2 is 2.15 bits per heavy atom. The molecule has 1 atom stereocenters. The van der Waals surface area contributed by atoms with Gasteiger partial charge in [-0.05, 0) is 24.0 Å². The van der Waals surface area contributed by atoms with Gasteiger partial charge in [-0.25, -0.2) is 0 Å². The largest absolute Gasteiger partial charge is 0.392 e. The van der Waals surface area contributed by atoms with Crippen molar-refractivity contribution >= 4 is 5.91 Å². The highest BCUT2D eigenvalue weighted by Gasteiger charge is 2.51. The Morgan fingerprint density at radius 1 is 1.45 bits per heavy atom. The van der Waals surface area contributed by atoms with E-state index in [1.807, 2.05) is 0 Å². The zero-order chi connectivity index (χ0) is 15.0. The summed E-state index contributed by atoms with van der Waals surface area (Å²) in [6, 6.07) is 3.26. The molecule has 0 unspecified atom stereocenters. The maximum Gasteiger partial charge on any atom is 0.392 e. The van der Waals surface area contributed by atoms with Crippen LogP contribution >= 0.6 is 0 Å². The van der Waals surface area contributed by atoms with Crippen LogP contribution in [0.4, 0.5) is 13.2 Å². The summed E-state index contributed by atoms with van der Waals surface area (Å²) in [5.41, 5.74) is -0.567. The number of nitrogens with zero attached hydrogens (tertiary/aromatic N) is 2. The zero-order valence-electron chi connectivity index (χ0n) is 11.4. The molecule has 1 aliphatic rings. The first-order valence-electron chi connectivity index (χ1n) is 6.48. The molecule has 0 saturated carbocycles. The van der Waals surface area contributed by atoms with Crippen molar-refractivity contribution in [1.82, 2.24) is 9.88 Å². The van der Waals surface area contributed by atoms with E-state index in [9.17, 15) is 18.0 Å². The molecular weight excluding hydrogens is 269 g/mol. The van der Waals surface area contributed by atoms with E-state index in [-0.39, 0.29) is 25.4 Å². The average Bonchev–Trinajstić information content (AvgIpc) is 2.36. The highest BCUT2D eigenvalue weighted by atomic mass is 19.4. The van der Waals surface area contributed by atoms with E-state index in [1.54, 1.807) is 32.2 Å². The third kappa shape index (κ3) is 2.94. The maximum absolute atomic E-state index is 13.0. The average molecular weight is 286 g/mol. The fraction of sp³-hybridized carbons (Fsp3) is 0.571. The van der Waals surface area contributed by atoms with Crippen LogP contribution in [-0.4, -0.2) is 35.1 Å². The zero-order valence-corrected chi connectivity index (χ0v) is 11.4. The molecule has 2 heterocycles. The molecule has 3 nitrogen and oxygen atoms in total. The van der Waals surface area contributed by atoms with Crippen LogP contribution < -0.4 is 0 Å². The fourth-order valence-corrected chi connectivity index (χ4v) is 2.81. The molecule has 1 amide bonds. The Labute approximate surface area is 115 Å². The van der Waals surface area contributed by atoms with Gasteiger partial charge < -0.3 is 4.90 Å². The molecule has 0 bridgehead atoms. The number of pyridine rings is 1. The van der Waals surface area contributed by atoms with Crippen molar-refractivity contribution in [2.45, 2.75) is 26.4 Å². The predicted molar refractivity (Wildman–Crippen MR) is 68.1 cm³/mol. The molecule has 1 fully saturated rings. The summed E-state index contributed by atoms with van der Waals surface area (Å²) in [4.78, 5) is 17.6. The Hall–Kier alpha value is -1.59. The molecule has 1 saturated heterocycles. The number of likely N-dealkylation sites (tertiary alicyclic amines) is 1. The number of carbonyl (C=O) groups is 1. The van der Waals surface area contributed by atoms with Crippen molar-refractivity contribution in [3.63, 3.8) is 0 Å². The van der Waals surface area contributed by atoms with Gasteiger partial charge in [-0.2, -0.15) is 13.2 Å². The van der Waals surface area contributed by atoms with Crippen molar-refractivity contribution in [3.8, 4) is 0 Å². The number of carbonyl (C=O) groups excluding carboxylic acids is 1. The van der Waals surface area contributed by atoms with Gasteiger partial charge in [0, 0.05) is 25.5 Å². The second-order valence-electron chi connectivity index (χ2n) is 5.84. The summed E-state index contributed by atoms with van der Waals surface area (Å²) in [6.07, 6.45) is -1.28. The molecule has 2 rings (SSSR count). The van der Waals surface area contributed by atoms with Crippen LogP contribution in [-0.2, 0) is 0 Å². The van der Waals surface area contributed by atoms with Crippen molar-refractivity contribution in [1.29, 1.82) is 0 Å². The van der Waals surface area contributed by atoms with Gasteiger partial charge in [0.1, 0.15) is 0 Å². The van der Waals surface area contributed by atoms with E-state index >= 15 is 0 Å². The lowest BCUT2D eigenvalue weighted by Gasteiger charge is -2.44. The summed E-state index contributed by atoms with van der Waals surface area (Å²) in [5.74, 6) is -1.63. The van der Waals surface area contributed by atoms with E-state index in [4.69, 9.17) is 0 Å². The van der Waals surface area contributed by atoms with Gasteiger partial charge in [-0.1, -0.05) is 13.8 Å². The van der Waals surface area contributed by atoms with E-state index in [0.717, 1.165) is 0 Å². The van der Waals surface area contributed by atoms with E-state index in [0.29, 0.717) is 5.56 Å². The Bertz CT molecular complexity index is 485. The van der Waals surface area contributed by atoms with Gasteiger partial charge in [0.05, 0.1) is 11.5 Å². The number of hydrogen-bond donors (Lipinski definition) is 0. The number of hydrogen-bond acceptors (Lipinski definition) is 2. The minimum atomic E-state index is -4.22. The SMILES string of the molecule is CC1(C)CN(C(=O)c2cccnc2)CC[C@@H]1C(F)(F)F. The van der Waals surface area contributed by atoms with Crippen molar-refractivity contribution in [2.24, 2.45) is 11.3 Å². The summed E-state index contributed by atoms with van der Waals surface area (Å²) in [6.45, 7) is 3.36. The molecule has 1 aliphatic heterocycles. The molecule has 110 valence electrons. The molecular formula is C14H17F3N2O. The van der Waals surface area contributed by atoms with Crippen LogP contribution in [0.3, 0.4) is 0 Å². The van der Waals surface area contributed by atoms with E-state index in [1.165, 1.54) is 11.1 Å². The van der Waals surface area contributed by atoms with Gasteiger partial charge in [0.25, 0.3) is 5.91 Å². The number of alkyl halides is 3. The molecule has 20 heavy (non-hydrogen) atoms. The minimum Gasteiger partial charge on any atom is -0.338 e. The quantitative estimate of drug-likeness (QED) is 0.794. The summed E-state index contributed by atoms with van der Waals surface area (Å²) >= 11 is 0. The van der Waals surface area contributed by atoms with Crippen LogP contribution in [0.2, 0.25) is 0 Å². The fourth-order valence-electron chi connectivity index (χ4n) is 2.81. The van der Waals surface area contributed by atoms with Crippen LogP contribution in [0.15, 0.2) is 24.5 Å². The van der Waals surface area contributed by atoms with Gasteiger partial charge in [-0.3, -0.25) is 9.78 Å². The highest BCUT2D eigenvalue weighted by Crippen LogP contribution is 2.45. The Kier molecular flexibility index (Phi) is 3.75. The standard InChI is InChI=1S/C14H17F3N2O/c1-13(2)9-19(7-5-11(13)14(15,16)17)12(20)10-4-3-6-18-8-10/h3-4,6,8,11H,5,7,9H2,1-2H3/t11-/m0/s1. The third-order valence-electron chi connectivity index (χ3n) is 3.82. The first-order chi connectivity index (χ1) is 9.22. The second kappa shape index (κ2) is 5.07. The summed E-state index contributed by atoms with van der Waals surface area (Å²) < 4.78 is 38.9.